The fourth-order valence-corrected chi connectivity index (χ4v) is 2.75. The highest BCUT2D eigenvalue weighted by Crippen LogP contribution is 2.28. The van der Waals surface area contributed by atoms with E-state index >= 15 is 0 Å². The summed E-state index contributed by atoms with van der Waals surface area (Å²) in [6.45, 7) is 6.15. The van der Waals surface area contributed by atoms with Gasteiger partial charge in [0, 0.05) is 37.6 Å². The Hall–Kier alpha value is -2.90. The lowest BCUT2D eigenvalue weighted by Crippen LogP contribution is -2.27. The molecular formula is C18H24N6O2. The Labute approximate surface area is 151 Å². The van der Waals surface area contributed by atoms with Crippen molar-refractivity contribution in [1.29, 1.82) is 0 Å². The molecule has 2 aromatic rings. The number of pyridine rings is 1. The molecule has 1 amide bonds. The molecule has 2 aromatic heterocycles. The quantitative estimate of drug-likeness (QED) is 0.718. The lowest BCUT2D eigenvalue weighted by Gasteiger charge is -2.16. The Morgan fingerprint density at radius 1 is 1.38 bits per heavy atom. The molecule has 0 bridgehead atoms. The highest BCUT2D eigenvalue weighted by molar-refractivity contribution is 5.73. The van der Waals surface area contributed by atoms with Crippen LogP contribution < -0.4 is 21.9 Å². The summed E-state index contributed by atoms with van der Waals surface area (Å²) in [4.78, 5) is 32.7. The minimum absolute atomic E-state index is 0.133. The summed E-state index contributed by atoms with van der Waals surface area (Å²) in [6.07, 6.45) is 4.02. The van der Waals surface area contributed by atoms with Gasteiger partial charge in [-0.3, -0.25) is 14.2 Å². The fourth-order valence-electron chi connectivity index (χ4n) is 2.75. The molecule has 0 aliphatic heterocycles. The number of carbonyl (C=O) groups excluding carboxylic acids is 1. The molecule has 4 N–H and O–H groups in total. The monoisotopic (exact) mass is 356 g/mol. The summed E-state index contributed by atoms with van der Waals surface area (Å²) in [5.41, 5.74) is 8.52. The molecule has 1 aliphatic rings. The smallest absolute Gasteiger partial charge is 0.298 e. The molecule has 138 valence electrons. The zero-order chi connectivity index (χ0) is 18.8. The molecular weight excluding hydrogens is 332 g/mol. The van der Waals surface area contributed by atoms with Crippen LogP contribution in [-0.2, 0) is 11.3 Å². The Bertz CT molecular complexity index is 901. The molecule has 1 aliphatic carbocycles. The van der Waals surface area contributed by atoms with Crippen molar-refractivity contribution in [3.05, 3.63) is 39.6 Å². The van der Waals surface area contributed by atoms with E-state index in [1.807, 2.05) is 6.92 Å². The Balaban J connectivity index is 2.01. The van der Waals surface area contributed by atoms with Crippen LogP contribution in [0.2, 0.25) is 0 Å². The van der Waals surface area contributed by atoms with Crippen LogP contribution in [0.5, 0.6) is 0 Å². The van der Waals surface area contributed by atoms with Crippen molar-refractivity contribution < 1.29 is 4.79 Å². The van der Waals surface area contributed by atoms with Gasteiger partial charge in [0.15, 0.2) is 5.82 Å². The van der Waals surface area contributed by atoms with Gasteiger partial charge in [0.2, 0.25) is 5.91 Å². The average molecular weight is 356 g/mol. The van der Waals surface area contributed by atoms with E-state index in [2.05, 4.69) is 20.6 Å². The number of nitrogens with one attached hydrogen (secondary N) is 2. The van der Waals surface area contributed by atoms with Crippen molar-refractivity contribution in [3.63, 3.8) is 0 Å². The van der Waals surface area contributed by atoms with Crippen LogP contribution in [0, 0.1) is 19.8 Å². The predicted molar refractivity (Wildman–Crippen MR) is 100 cm³/mol. The lowest BCUT2D eigenvalue weighted by atomic mass is 10.1. The summed E-state index contributed by atoms with van der Waals surface area (Å²) < 4.78 is 1.52. The van der Waals surface area contributed by atoms with Crippen LogP contribution in [0.3, 0.4) is 0 Å². The largest absolute Gasteiger partial charge is 0.382 e. The van der Waals surface area contributed by atoms with Gasteiger partial charge in [-0.05, 0) is 44.2 Å². The number of aromatic nitrogens is 3. The van der Waals surface area contributed by atoms with Crippen molar-refractivity contribution in [3.8, 4) is 5.69 Å². The number of nitrogens with zero attached hydrogens (tertiary/aromatic N) is 3. The molecule has 0 unspecified atom stereocenters. The third-order valence-electron chi connectivity index (χ3n) is 4.49. The first kappa shape index (κ1) is 17.9. The molecule has 1 saturated carbocycles. The van der Waals surface area contributed by atoms with Gasteiger partial charge in [0.05, 0.1) is 5.69 Å². The summed E-state index contributed by atoms with van der Waals surface area (Å²) in [6, 6.07) is 1.80. The summed E-state index contributed by atoms with van der Waals surface area (Å²) in [7, 11) is 0. The maximum Gasteiger partial charge on any atom is 0.298 e. The van der Waals surface area contributed by atoms with Gasteiger partial charge in [-0.2, -0.15) is 0 Å². The predicted octanol–water partition coefficient (Wildman–Crippen LogP) is 1.28. The van der Waals surface area contributed by atoms with Crippen molar-refractivity contribution in [2.24, 2.45) is 5.92 Å². The van der Waals surface area contributed by atoms with Crippen LogP contribution in [0.15, 0.2) is 17.1 Å². The van der Waals surface area contributed by atoms with E-state index in [-0.39, 0.29) is 17.3 Å². The van der Waals surface area contributed by atoms with Gasteiger partial charge < -0.3 is 16.4 Å². The van der Waals surface area contributed by atoms with Crippen LogP contribution >= 0.6 is 0 Å². The molecule has 0 saturated heterocycles. The number of rotatable bonds is 6. The first-order valence-electron chi connectivity index (χ1n) is 8.70. The number of nitrogens with two attached hydrogens (primary N) is 1. The Kier molecular flexibility index (Phi) is 4.92. The molecule has 3 rings (SSSR count). The van der Waals surface area contributed by atoms with Crippen molar-refractivity contribution in [2.45, 2.75) is 40.2 Å². The number of anilines is 2. The van der Waals surface area contributed by atoms with Gasteiger partial charge in [-0.25, -0.2) is 9.97 Å². The second-order valence-electron chi connectivity index (χ2n) is 6.76. The van der Waals surface area contributed by atoms with Crippen molar-refractivity contribution in [1.82, 2.24) is 19.9 Å². The minimum Gasteiger partial charge on any atom is -0.382 e. The summed E-state index contributed by atoms with van der Waals surface area (Å²) in [5.74, 6) is 1.07. The first-order valence-corrected chi connectivity index (χ1v) is 8.70. The summed E-state index contributed by atoms with van der Waals surface area (Å²) in [5, 5.41) is 5.88. The van der Waals surface area contributed by atoms with Gasteiger partial charge in [0.1, 0.15) is 5.82 Å². The SMILES string of the molecule is CC(=O)NCc1cc(-n2c(C)cnc(NCC3CC3)c2=O)c(N)nc1C. The second-order valence-corrected chi connectivity index (χ2v) is 6.76. The maximum absolute atomic E-state index is 12.9. The molecule has 8 heteroatoms. The topological polar surface area (TPSA) is 115 Å². The molecule has 8 nitrogen and oxygen atoms in total. The number of amides is 1. The van der Waals surface area contributed by atoms with E-state index in [9.17, 15) is 9.59 Å². The third kappa shape index (κ3) is 3.84. The lowest BCUT2D eigenvalue weighted by molar-refractivity contribution is -0.119. The van der Waals surface area contributed by atoms with Crippen LogP contribution in [0.4, 0.5) is 11.6 Å². The van der Waals surface area contributed by atoms with Crippen molar-refractivity contribution >= 4 is 17.5 Å². The maximum atomic E-state index is 12.9. The molecule has 2 heterocycles. The van der Waals surface area contributed by atoms with Crippen LogP contribution in [0.25, 0.3) is 5.69 Å². The van der Waals surface area contributed by atoms with E-state index in [0.717, 1.165) is 12.1 Å². The molecule has 26 heavy (non-hydrogen) atoms. The first-order chi connectivity index (χ1) is 12.4. The number of nitrogen functional groups attached to an aromatic ring is 1. The van der Waals surface area contributed by atoms with E-state index in [1.165, 1.54) is 24.3 Å². The molecule has 0 atom stereocenters. The molecule has 0 spiro atoms. The molecule has 0 aromatic carbocycles. The Morgan fingerprint density at radius 2 is 2.12 bits per heavy atom. The second kappa shape index (κ2) is 7.15. The van der Waals surface area contributed by atoms with Crippen LogP contribution in [-0.4, -0.2) is 27.0 Å². The van der Waals surface area contributed by atoms with E-state index in [4.69, 9.17) is 5.73 Å². The molecule has 0 radical (unpaired) electrons. The van der Waals surface area contributed by atoms with E-state index in [0.29, 0.717) is 35.4 Å². The number of carbonyl (C=O) groups is 1. The van der Waals surface area contributed by atoms with Crippen LogP contribution in [0.1, 0.15) is 36.7 Å². The van der Waals surface area contributed by atoms with Gasteiger partial charge in [0.25, 0.3) is 5.56 Å². The van der Waals surface area contributed by atoms with Gasteiger partial charge >= 0.3 is 0 Å². The normalized spacial score (nSPS) is 13.5. The van der Waals surface area contributed by atoms with Gasteiger partial charge in [-0.1, -0.05) is 0 Å². The minimum atomic E-state index is -0.256. The Morgan fingerprint density at radius 3 is 2.77 bits per heavy atom. The van der Waals surface area contributed by atoms with E-state index < -0.39 is 0 Å². The number of hydrogen-bond donors (Lipinski definition) is 3. The summed E-state index contributed by atoms with van der Waals surface area (Å²) >= 11 is 0. The molecule has 1 fully saturated rings. The van der Waals surface area contributed by atoms with E-state index in [1.54, 1.807) is 19.2 Å². The fraction of sp³-hybridized carbons (Fsp3) is 0.444. The third-order valence-corrected chi connectivity index (χ3v) is 4.49. The number of hydrogen-bond acceptors (Lipinski definition) is 6. The van der Waals surface area contributed by atoms with Crippen molar-refractivity contribution in [2.75, 3.05) is 17.6 Å². The standard InChI is InChI=1S/C18H24N6O2/c1-10-7-21-17(22-8-13-4-5-13)18(26)24(10)15-6-14(9-20-12(3)25)11(2)23-16(15)19/h6-7,13H,4-5,8-9H2,1-3H3,(H2,19,23)(H,20,25)(H,21,22). The highest BCUT2D eigenvalue weighted by atomic mass is 16.1. The average Bonchev–Trinajstić information content (AvgIpc) is 3.39. The highest BCUT2D eigenvalue weighted by Gasteiger charge is 2.22. The van der Waals surface area contributed by atoms with Gasteiger partial charge in [-0.15, -0.1) is 0 Å². The zero-order valence-electron chi connectivity index (χ0n) is 15.3. The zero-order valence-corrected chi connectivity index (χ0v) is 15.3. The number of aryl methyl sites for hydroxylation is 2.